The van der Waals surface area contributed by atoms with Gasteiger partial charge in [0.15, 0.2) is 0 Å². The highest BCUT2D eigenvalue weighted by Crippen LogP contribution is 2.26. The van der Waals surface area contributed by atoms with Crippen LogP contribution in [0.5, 0.6) is 0 Å². The lowest BCUT2D eigenvalue weighted by Gasteiger charge is -2.16. The van der Waals surface area contributed by atoms with Crippen LogP contribution in [0.4, 0.5) is 10.2 Å². The molecule has 5 nitrogen and oxygen atoms in total. The van der Waals surface area contributed by atoms with Gasteiger partial charge in [-0.15, -0.1) is 0 Å². The van der Waals surface area contributed by atoms with Gasteiger partial charge in [0.25, 0.3) is 5.91 Å². The third kappa shape index (κ3) is 3.26. The number of anilines is 1. The maximum atomic E-state index is 14.7. The summed E-state index contributed by atoms with van der Waals surface area (Å²) in [5.41, 5.74) is 3.43. The van der Waals surface area contributed by atoms with Crippen LogP contribution in [0.25, 0.3) is 11.1 Å². The van der Waals surface area contributed by atoms with E-state index < -0.39 is 0 Å². The normalized spacial score (nSPS) is 13.0. The highest BCUT2D eigenvalue weighted by Gasteiger charge is 2.28. The minimum atomic E-state index is -0.332. The quantitative estimate of drug-likeness (QED) is 0.713. The van der Waals surface area contributed by atoms with Gasteiger partial charge in [0.05, 0.1) is 0 Å². The summed E-state index contributed by atoms with van der Waals surface area (Å²) in [5, 5.41) is 0. The van der Waals surface area contributed by atoms with Crippen molar-refractivity contribution >= 4 is 11.7 Å². The number of fused-ring (bicyclic) bond motifs is 1. The van der Waals surface area contributed by atoms with E-state index in [9.17, 15) is 9.18 Å². The number of nitrogens with zero attached hydrogens (tertiary/aromatic N) is 4. The summed E-state index contributed by atoms with van der Waals surface area (Å²) < 4.78 is 14.7. The molecule has 0 fully saturated rings. The first-order valence-corrected chi connectivity index (χ1v) is 8.68. The van der Waals surface area contributed by atoms with Crippen LogP contribution in [0, 0.1) is 5.82 Å². The van der Waals surface area contributed by atoms with Gasteiger partial charge >= 0.3 is 0 Å². The van der Waals surface area contributed by atoms with Crippen molar-refractivity contribution in [2.24, 2.45) is 0 Å². The number of rotatable bonds is 4. The zero-order valence-corrected chi connectivity index (χ0v) is 15.2. The van der Waals surface area contributed by atoms with Gasteiger partial charge < -0.3 is 9.80 Å². The van der Waals surface area contributed by atoms with Crippen molar-refractivity contribution in [3.63, 3.8) is 0 Å². The molecule has 3 aromatic rings. The van der Waals surface area contributed by atoms with E-state index >= 15 is 0 Å². The second-order valence-corrected chi connectivity index (χ2v) is 6.78. The van der Waals surface area contributed by atoms with Crippen LogP contribution in [-0.2, 0) is 13.1 Å². The third-order valence-electron chi connectivity index (χ3n) is 4.70. The Bertz CT molecular complexity index is 1000. The lowest BCUT2D eigenvalue weighted by atomic mass is 10.0. The Morgan fingerprint density at radius 1 is 1.11 bits per heavy atom. The van der Waals surface area contributed by atoms with Gasteiger partial charge in [0, 0.05) is 56.3 Å². The van der Waals surface area contributed by atoms with Crippen molar-refractivity contribution in [3.05, 3.63) is 77.5 Å². The molecule has 27 heavy (non-hydrogen) atoms. The molecule has 4 rings (SSSR count). The first-order valence-electron chi connectivity index (χ1n) is 8.68. The summed E-state index contributed by atoms with van der Waals surface area (Å²) in [6.45, 7) is 0.679. The highest BCUT2D eigenvalue weighted by atomic mass is 19.1. The number of carbonyl (C=O) groups excluding carboxylic acids is 1. The number of amides is 1. The minimum absolute atomic E-state index is 0.155. The van der Waals surface area contributed by atoms with Crippen LogP contribution in [0.1, 0.15) is 21.6 Å². The molecular weight excluding hydrogens is 343 g/mol. The van der Waals surface area contributed by atoms with Gasteiger partial charge in [0.2, 0.25) is 0 Å². The second kappa shape index (κ2) is 6.79. The van der Waals surface area contributed by atoms with E-state index in [2.05, 4.69) is 9.97 Å². The molecule has 136 valence electrons. The maximum absolute atomic E-state index is 14.7. The van der Waals surface area contributed by atoms with Gasteiger partial charge in [-0.3, -0.25) is 9.78 Å². The minimum Gasteiger partial charge on any atom is -0.363 e. The van der Waals surface area contributed by atoms with E-state index in [1.807, 2.05) is 43.3 Å². The number of benzene rings is 1. The summed E-state index contributed by atoms with van der Waals surface area (Å²) in [6.07, 6.45) is 3.33. The van der Waals surface area contributed by atoms with Gasteiger partial charge in [0.1, 0.15) is 17.3 Å². The van der Waals surface area contributed by atoms with Crippen LogP contribution in [0.15, 0.2) is 54.9 Å². The van der Waals surface area contributed by atoms with Crippen LogP contribution in [-0.4, -0.2) is 34.9 Å². The molecule has 1 amide bonds. The molecule has 1 aliphatic rings. The molecule has 6 heteroatoms. The van der Waals surface area contributed by atoms with Crippen molar-refractivity contribution in [1.82, 2.24) is 14.9 Å². The molecule has 1 aliphatic heterocycles. The zero-order chi connectivity index (χ0) is 19.0. The summed E-state index contributed by atoms with van der Waals surface area (Å²) in [7, 11) is 3.84. The summed E-state index contributed by atoms with van der Waals surface area (Å²) in [4.78, 5) is 24.4. The third-order valence-corrected chi connectivity index (χ3v) is 4.70. The van der Waals surface area contributed by atoms with Gasteiger partial charge in [-0.05, 0) is 29.8 Å². The van der Waals surface area contributed by atoms with Crippen molar-refractivity contribution < 1.29 is 9.18 Å². The van der Waals surface area contributed by atoms with Crippen molar-refractivity contribution in [2.75, 3.05) is 19.0 Å². The number of hydrogen-bond acceptors (Lipinski definition) is 4. The molecular formula is C21H19FN4O. The van der Waals surface area contributed by atoms with E-state index in [0.29, 0.717) is 17.8 Å². The molecule has 0 unspecified atom stereocenters. The molecule has 0 saturated heterocycles. The fourth-order valence-electron chi connectivity index (χ4n) is 3.20. The maximum Gasteiger partial charge on any atom is 0.273 e. The highest BCUT2D eigenvalue weighted by molar-refractivity contribution is 5.96. The molecule has 0 spiro atoms. The topological polar surface area (TPSA) is 49.3 Å². The zero-order valence-electron chi connectivity index (χ0n) is 15.2. The van der Waals surface area contributed by atoms with Gasteiger partial charge in [-0.1, -0.05) is 18.2 Å². The van der Waals surface area contributed by atoms with Crippen LogP contribution < -0.4 is 4.90 Å². The standard InChI is InChI=1S/C21H19FN4O/c1-25(2)19-8-7-15(11-24-19)14-5-6-16(18(22)10-14)12-26-13-17-4-3-9-23-20(17)21(26)27/h3-11H,12-13H2,1-2H3. The van der Waals surface area contributed by atoms with Crippen LogP contribution in [0.2, 0.25) is 0 Å². The van der Waals surface area contributed by atoms with Crippen LogP contribution >= 0.6 is 0 Å². The largest absolute Gasteiger partial charge is 0.363 e. The van der Waals surface area contributed by atoms with E-state index in [1.54, 1.807) is 29.4 Å². The Morgan fingerprint density at radius 3 is 2.59 bits per heavy atom. The van der Waals surface area contributed by atoms with Crippen molar-refractivity contribution in [3.8, 4) is 11.1 Å². The van der Waals surface area contributed by atoms with E-state index in [-0.39, 0.29) is 18.3 Å². The molecule has 0 atom stereocenters. The first-order chi connectivity index (χ1) is 13.0. The predicted octanol–water partition coefficient (Wildman–Crippen LogP) is 3.50. The number of halogens is 1. The lowest BCUT2D eigenvalue weighted by molar-refractivity contribution is 0.0761. The molecule has 0 aliphatic carbocycles. The van der Waals surface area contributed by atoms with E-state index in [0.717, 1.165) is 22.5 Å². The molecule has 0 saturated carbocycles. The van der Waals surface area contributed by atoms with Crippen molar-refractivity contribution in [2.45, 2.75) is 13.1 Å². The van der Waals surface area contributed by atoms with Gasteiger partial charge in [-0.2, -0.15) is 0 Å². The molecule has 3 heterocycles. The Morgan fingerprint density at radius 2 is 1.93 bits per heavy atom. The van der Waals surface area contributed by atoms with Crippen LogP contribution in [0.3, 0.4) is 0 Å². The SMILES string of the molecule is CN(C)c1ccc(-c2ccc(CN3Cc4cccnc4C3=O)c(F)c2)cn1. The molecule has 0 radical (unpaired) electrons. The predicted molar refractivity (Wildman–Crippen MR) is 102 cm³/mol. The Balaban J connectivity index is 1.54. The average molecular weight is 362 g/mol. The smallest absolute Gasteiger partial charge is 0.273 e. The second-order valence-electron chi connectivity index (χ2n) is 6.78. The number of carbonyl (C=O) groups is 1. The Kier molecular flexibility index (Phi) is 4.32. The first kappa shape index (κ1) is 17.1. The Hall–Kier alpha value is -3.28. The lowest BCUT2D eigenvalue weighted by Crippen LogP contribution is -2.24. The Labute approximate surface area is 157 Å². The molecule has 1 aromatic carbocycles. The fourth-order valence-corrected chi connectivity index (χ4v) is 3.20. The monoisotopic (exact) mass is 362 g/mol. The average Bonchev–Trinajstić information content (AvgIpc) is 2.99. The number of pyridine rings is 2. The summed E-state index contributed by atoms with van der Waals surface area (Å²) >= 11 is 0. The number of aromatic nitrogens is 2. The summed E-state index contributed by atoms with van der Waals surface area (Å²) in [6, 6.07) is 12.6. The number of hydrogen-bond donors (Lipinski definition) is 0. The summed E-state index contributed by atoms with van der Waals surface area (Å²) in [5.74, 6) is 0.356. The molecule has 2 aromatic heterocycles. The van der Waals surface area contributed by atoms with E-state index in [1.165, 1.54) is 6.07 Å². The van der Waals surface area contributed by atoms with E-state index in [4.69, 9.17) is 0 Å². The molecule has 0 N–H and O–H groups in total. The van der Waals surface area contributed by atoms with Crippen molar-refractivity contribution in [1.29, 1.82) is 0 Å². The fraction of sp³-hybridized carbons (Fsp3) is 0.190. The molecule has 0 bridgehead atoms. The van der Waals surface area contributed by atoms with Gasteiger partial charge in [-0.25, -0.2) is 9.37 Å².